The Morgan fingerprint density at radius 3 is 2.71 bits per heavy atom. The summed E-state index contributed by atoms with van der Waals surface area (Å²) in [5.41, 5.74) is 0. The lowest BCUT2D eigenvalue weighted by Gasteiger charge is -1.88. The summed E-state index contributed by atoms with van der Waals surface area (Å²) in [5.74, 6) is 0. The SMILES string of the molecule is CN1[N+]=CC=C1Cl. The highest BCUT2D eigenvalue weighted by Crippen LogP contribution is 2.04. The summed E-state index contributed by atoms with van der Waals surface area (Å²) < 4.78 is 0. The van der Waals surface area contributed by atoms with Crippen molar-refractivity contribution >= 4 is 17.8 Å². The van der Waals surface area contributed by atoms with E-state index >= 15 is 0 Å². The Kier molecular flexibility index (Phi) is 1.02. The van der Waals surface area contributed by atoms with E-state index in [2.05, 4.69) is 5.10 Å². The number of halogens is 1. The molecule has 2 nitrogen and oxygen atoms in total. The smallest absolute Gasteiger partial charge is 0.0805 e. The van der Waals surface area contributed by atoms with Gasteiger partial charge in [0.2, 0.25) is 0 Å². The molecule has 0 aromatic carbocycles. The highest BCUT2D eigenvalue weighted by Gasteiger charge is 2.13. The standard InChI is InChI=1S/C4H5ClN2/c1-7-4(5)2-3-6-7/h2-3H,1H3/q+1. The van der Waals surface area contributed by atoms with E-state index in [0.29, 0.717) is 5.16 Å². The van der Waals surface area contributed by atoms with E-state index in [0.717, 1.165) is 0 Å². The maximum Gasteiger partial charge on any atom is 0.278 e. The molecule has 0 saturated carbocycles. The number of allylic oxidation sites excluding steroid dienone is 1. The molecule has 1 radical (unpaired) electrons. The van der Waals surface area contributed by atoms with Crippen molar-refractivity contribution in [2.75, 3.05) is 7.05 Å². The second-order valence-electron chi connectivity index (χ2n) is 1.28. The van der Waals surface area contributed by atoms with Crippen molar-refractivity contribution in [1.82, 2.24) is 10.1 Å². The fourth-order valence-corrected chi connectivity index (χ4v) is 0.458. The molecule has 1 rings (SSSR count). The average molecular weight is 117 g/mol. The molecule has 0 fully saturated rings. The number of hydrogen-bond acceptors (Lipinski definition) is 2. The van der Waals surface area contributed by atoms with Crippen molar-refractivity contribution in [3.8, 4) is 0 Å². The Hall–Kier alpha value is -0.500. The van der Waals surface area contributed by atoms with Gasteiger partial charge in [-0.15, -0.1) is 0 Å². The lowest BCUT2D eigenvalue weighted by atomic mass is 10.7. The second-order valence-corrected chi connectivity index (χ2v) is 1.66. The van der Waals surface area contributed by atoms with E-state index in [9.17, 15) is 0 Å². The minimum Gasteiger partial charge on any atom is -0.0805 e. The zero-order valence-electron chi connectivity index (χ0n) is 3.93. The molecule has 1 aliphatic heterocycles. The third-order valence-corrected chi connectivity index (χ3v) is 1.13. The van der Waals surface area contributed by atoms with Crippen LogP contribution in [-0.4, -0.2) is 18.3 Å². The van der Waals surface area contributed by atoms with Crippen molar-refractivity contribution < 1.29 is 0 Å². The van der Waals surface area contributed by atoms with Gasteiger partial charge in [0.25, 0.3) is 6.21 Å². The molecule has 1 heterocycles. The van der Waals surface area contributed by atoms with Crippen LogP contribution in [0.2, 0.25) is 0 Å². The van der Waals surface area contributed by atoms with E-state index in [1.165, 1.54) is 0 Å². The van der Waals surface area contributed by atoms with Gasteiger partial charge >= 0.3 is 0 Å². The van der Waals surface area contributed by atoms with Gasteiger partial charge in [-0.3, -0.25) is 0 Å². The number of rotatable bonds is 0. The number of nitrogens with zero attached hydrogens (tertiary/aromatic N) is 2. The molecule has 0 aliphatic carbocycles. The first kappa shape index (κ1) is 4.65. The highest BCUT2D eigenvalue weighted by atomic mass is 35.5. The predicted molar refractivity (Wildman–Crippen MR) is 29.9 cm³/mol. The van der Waals surface area contributed by atoms with Crippen molar-refractivity contribution in [2.45, 2.75) is 0 Å². The Labute approximate surface area is 47.1 Å². The molecule has 0 N–H and O–H groups in total. The molecule has 0 saturated heterocycles. The molecular weight excluding hydrogens is 112 g/mol. The summed E-state index contributed by atoms with van der Waals surface area (Å²) in [5, 5.41) is 6.07. The molecule has 1 aliphatic rings. The van der Waals surface area contributed by atoms with E-state index in [4.69, 9.17) is 11.6 Å². The van der Waals surface area contributed by atoms with E-state index in [1.54, 1.807) is 24.3 Å². The van der Waals surface area contributed by atoms with Gasteiger partial charge in [-0.05, 0) is 0 Å². The lowest BCUT2D eigenvalue weighted by molar-refractivity contribution is 0.430. The van der Waals surface area contributed by atoms with Crippen LogP contribution in [0.1, 0.15) is 0 Å². The summed E-state index contributed by atoms with van der Waals surface area (Å²) in [4.78, 5) is 0. The van der Waals surface area contributed by atoms with Gasteiger partial charge in [-0.1, -0.05) is 16.6 Å². The summed E-state index contributed by atoms with van der Waals surface area (Å²) in [6.07, 6.45) is 3.39. The van der Waals surface area contributed by atoms with Gasteiger partial charge in [0.05, 0.1) is 13.1 Å². The van der Waals surface area contributed by atoms with Crippen LogP contribution in [0.5, 0.6) is 0 Å². The molecule has 3 heteroatoms. The molecule has 0 bridgehead atoms. The van der Waals surface area contributed by atoms with Gasteiger partial charge in [0.1, 0.15) is 0 Å². The van der Waals surface area contributed by atoms with Crippen LogP contribution >= 0.6 is 11.6 Å². The molecule has 0 atom stereocenters. The van der Waals surface area contributed by atoms with Crippen LogP contribution in [-0.2, 0) is 0 Å². The maximum absolute atomic E-state index is 5.52. The summed E-state index contributed by atoms with van der Waals surface area (Å²) in [6, 6.07) is 0. The maximum atomic E-state index is 5.52. The Morgan fingerprint density at radius 2 is 2.57 bits per heavy atom. The van der Waals surface area contributed by atoms with Crippen LogP contribution in [0.4, 0.5) is 0 Å². The van der Waals surface area contributed by atoms with E-state index < -0.39 is 0 Å². The normalized spacial score (nSPS) is 18.0. The van der Waals surface area contributed by atoms with Gasteiger partial charge in [0.15, 0.2) is 10.3 Å². The predicted octanol–water partition coefficient (Wildman–Crippen LogP) is 0.334. The quantitative estimate of drug-likeness (QED) is 0.417. The van der Waals surface area contributed by atoms with Crippen LogP contribution < -0.4 is 5.10 Å². The van der Waals surface area contributed by atoms with Crippen LogP contribution in [0.25, 0.3) is 0 Å². The molecule has 7 heavy (non-hydrogen) atoms. The zero-order chi connectivity index (χ0) is 5.28. The molecule has 0 spiro atoms. The van der Waals surface area contributed by atoms with Crippen molar-refractivity contribution in [2.24, 2.45) is 0 Å². The average Bonchev–Trinajstić information content (AvgIpc) is 1.91. The van der Waals surface area contributed by atoms with Gasteiger partial charge < -0.3 is 0 Å². The largest absolute Gasteiger partial charge is 0.278 e. The first-order valence-electron chi connectivity index (χ1n) is 1.94. The third kappa shape index (κ3) is 0.747. The fourth-order valence-electron chi connectivity index (χ4n) is 0.358. The minimum absolute atomic E-state index is 0.667. The van der Waals surface area contributed by atoms with Crippen LogP contribution in [0, 0.1) is 0 Å². The number of hydrazone groups is 1. The van der Waals surface area contributed by atoms with Crippen molar-refractivity contribution in [3.63, 3.8) is 0 Å². The molecule has 0 unspecified atom stereocenters. The molecule has 0 aromatic rings. The summed E-state index contributed by atoms with van der Waals surface area (Å²) in [6.45, 7) is 0. The van der Waals surface area contributed by atoms with Crippen molar-refractivity contribution in [3.05, 3.63) is 11.2 Å². The zero-order valence-corrected chi connectivity index (χ0v) is 4.68. The van der Waals surface area contributed by atoms with Crippen LogP contribution in [0.3, 0.4) is 0 Å². The Balaban J connectivity index is 2.69. The fraction of sp³-hybridized carbons (Fsp3) is 0.250. The first-order valence-corrected chi connectivity index (χ1v) is 2.32. The first-order chi connectivity index (χ1) is 3.30. The monoisotopic (exact) mass is 116 g/mol. The third-order valence-electron chi connectivity index (χ3n) is 0.761. The van der Waals surface area contributed by atoms with Gasteiger partial charge in [-0.25, -0.2) is 0 Å². The minimum atomic E-state index is 0.667. The van der Waals surface area contributed by atoms with E-state index in [1.807, 2.05) is 0 Å². The molecule has 0 amide bonds. The Bertz CT molecular complexity index is 128. The summed E-state index contributed by atoms with van der Waals surface area (Å²) >= 11 is 5.52. The Morgan fingerprint density at radius 1 is 1.86 bits per heavy atom. The molecule has 37 valence electrons. The van der Waals surface area contributed by atoms with Crippen LogP contribution in [0.15, 0.2) is 11.2 Å². The lowest BCUT2D eigenvalue weighted by Crippen LogP contribution is -2.11. The van der Waals surface area contributed by atoms with Gasteiger partial charge in [0, 0.05) is 0 Å². The second kappa shape index (κ2) is 1.54. The number of hydrogen-bond donors (Lipinski definition) is 0. The summed E-state index contributed by atoms with van der Waals surface area (Å²) in [7, 11) is 1.79. The van der Waals surface area contributed by atoms with E-state index in [-0.39, 0.29) is 0 Å². The topological polar surface area (TPSA) is 17.3 Å². The van der Waals surface area contributed by atoms with Crippen molar-refractivity contribution in [1.29, 1.82) is 0 Å². The highest BCUT2D eigenvalue weighted by molar-refractivity contribution is 6.30. The molecular formula is C4H5ClN2+. The van der Waals surface area contributed by atoms with Gasteiger partial charge in [-0.2, -0.15) is 0 Å². The molecule has 0 aromatic heterocycles.